The number of hydrogen-bond donors (Lipinski definition) is 6. The van der Waals surface area contributed by atoms with Crippen molar-refractivity contribution in [3.63, 3.8) is 0 Å². The number of hydrazine groups is 1. The number of nitrogens with one attached hydrogen (secondary N) is 4. The van der Waals surface area contributed by atoms with Crippen LogP contribution < -0.4 is 32.0 Å². The molecular weight excluding hydrogens is 1040 g/mol. The van der Waals surface area contributed by atoms with E-state index < -0.39 is 102 Å². The van der Waals surface area contributed by atoms with Crippen LogP contribution in [0.3, 0.4) is 0 Å². The molecular formula is C53H65F7N10O8. The molecule has 4 heterocycles. The second kappa shape index (κ2) is 25.6. The van der Waals surface area contributed by atoms with Gasteiger partial charge in [0.25, 0.3) is 5.91 Å². The van der Waals surface area contributed by atoms with Gasteiger partial charge in [-0.1, -0.05) is 44.7 Å². The third-order valence-electron chi connectivity index (χ3n) is 13.9. The SMILES string of the molecule is COC(=O)NC(C(=O)N[C@@H](Cc1ccc(C#Cc2ccc(N3CC4CCC(C3)N4C3COC3)nc2)cc1)[C@@H](O)CN(Cc1c(F)cc(C(C=NC(F)F)=CN)cc1F)NC(=O)[C@@H](NC(=O)OC)C(C)(C)C)C(C)(C)C(F)(F)F. The van der Waals surface area contributed by atoms with Gasteiger partial charge in [0.2, 0.25) is 5.91 Å². The molecule has 0 radical (unpaired) electrons. The number of pyridine rings is 1. The molecule has 3 fully saturated rings. The lowest BCUT2D eigenvalue weighted by Gasteiger charge is -2.47. The molecule has 0 saturated carbocycles. The van der Waals surface area contributed by atoms with Crippen LogP contribution in [0.25, 0.3) is 5.57 Å². The third kappa shape index (κ3) is 15.2. The maximum atomic E-state index is 16.0. The Hall–Kier alpha value is -7.01. The zero-order valence-electron chi connectivity index (χ0n) is 44.1. The first-order valence-corrected chi connectivity index (χ1v) is 24.9. The molecule has 2 aromatic carbocycles. The van der Waals surface area contributed by atoms with Crippen LogP contribution in [-0.2, 0) is 36.8 Å². The van der Waals surface area contributed by atoms with Crippen LogP contribution in [0.1, 0.15) is 75.3 Å². The number of piperazine rings is 1. The summed E-state index contributed by atoms with van der Waals surface area (Å²) in [5.41, 5.74) is 4.18. The van der Waals surface area contributed by atoms with E-state index in [1.54, 1.807) is 51.2 Å². The predicted octanol–water partition coefficient (Wildman–Crippen LogP) is 5.41. The van der Waals surface area contributed by atoms with Crippen LogP contribution in [0.4, 0.5) is 46.1 Å². The number of nitrogens with zero attached hydrogens (tertiary/aromatic N) is 5. The number of carbonyl (C=O) groups is 4. The number of fused-ring (bicyclic) bond motifs is 2. The van der Waals surface area contributed by atoms with Gasteiger partial charge in [0.1, 0.15) is 29.5 Å². The first-order valence-electron chi connectivity index (χ1n) is 24.9. The molecule has 7 N–H and O–H groups in total. The number of rotatable bonds is 19. The summed E-state index contributed by atoms with van der Waals surface area (Å²) in [5, 5.41) is 19.7. The molecule has 6 rings (SSSR count). The van der Waals surface area contributed by atoms with Crippen LogP contribution >= 0.6 is 0 Å². The number of allylic oxidation sites excluding steroid dienone is 1. The Bertz CT molecular complexity index is 2690. The van der Waals surface area contributed by atoms with Crippen molar-refractivity contribution in [2.24, 2.45) is 21.6 Å². The van der Waals surface area contributed by atoms with Gasteiger partial charge >= 0.3 is 24.9 Å². The number of ether oxygens (including phenoxy) is 3. The van der Waals surface area contributed by atoms with Crippen molar-refractivity contribution in [2.45, 2.75) is 116 Å². The molecule has 1 aromatic heterocycles. The van der Waals surface area contributed by atoms with E-state index in [2.05, 4.69) is 52.2 Å². The van der Waals surface area contributed by atoms with Gasteiger partial charge in [-0.25, -0.2) is 33.4 Å². The molecule has 3 aliphatic rings. The van der Waals surface area contributed by atoms with Gasteiger partial charge in [-0.3, -0.25) is 19.9 Å². The molecule has 3 unspecified atom stereocenters. The van der Waals surface area contributed by atoms with E-state index in [-0.39, 0.29) is 17.6 Å². The minimum atomic E-state index is -5.09. The number of aliphatic hydroxyl groups is 1. The molecule has 18 nitrogen and oxygen atoms in total. The van der Waals surface area contributed by atoms with Gasteiger partial charge in [-0.15, -0.1) is 0 Å². The van der Waals surface area contributed by atoms with Gasteiger partial charge < -0.3 is 45.9 Å². The molecule has 6 atom stereocenters. The molecule has 3 aliphatic heterocycles. The normalized spacial score (nSPS) is 18.8. The molecule has 3 saturated heterocycles. The molecule has 4 amide bonds. The van der Waals surface area contributed by atoms with E-state index in [0.717, 1.165) is 82.5 Å². The number of alkyl carbamates (subject to hydrolysis) is 2. The third-order valence-corrected chi connectivity index (χ3v) is 13.9. The zero-order chi connectivity index (χ0) is 57.3. The number of nitrogens with two attached hydrogens (primary N) is 1. The maximum absolute atomic E-state index is 16.0. The quantitative estimate of drug-likeness (QED) is 0.0291. The van der Waals surface area contributed by atoms with Crippen molar-refractivity contribution in [1.82, 2.24) is 36.3 Å². The molecule has 2 bridgehead atoms. The molecule has 0 spiro atoms. The van der Waals surface area contributed by atoms with E-state index in [4.69, 9.17) is 15.5 Å². The summed E-state index contributed by atoms with van der Waals surface area (Å²) in [6.07, 6.45) is -4.44. The van der Waals surface area contributed by atoms with E-state index in [1.807, 2.05) is 17.4 Å². The number of anilines is 1. The summed E-state index contributed by atoms with van der Waals surface area (Å²) in [5.74, 6) is 2.02. The van der Waals surface area contributed by atoms with Gasteiger partial charge in [0, 0.05) is 79.1 Å². The highest BCUT2D eigenvalue weighted by Gasteiger charge is 2.56. The van der Waals surface area contributed by atoms with Crippen molar-refractivity contribution in [1.29, 1.82) is 0 Å². The number of benzene rings is 2. The van der Waals surface area contributed by atoms with E-state index >= 15 is 8.78 Å². The zero-order valence-corrected chi connectivity index (χ0v) is 44.1. The lowest BCUT2D eigenvalue weighted by atomic mass is 9.82. The highest BCUT2D eigenvalue weighted by Crippen LogP contribution is 2.41. The summed E-state index contributed by atoms with van der Waals surface area (Å²) in [4.78, 5) is 65.5. The second-order valence-corrected chi connectivity index (χ2v) is 20.8. The van der Waals surface area contributed by atoms with Crippen molar-refractivity contribution in [2.75, 3.05) is 52.0 Å². The fourth-order valence-electron chi connectivity index (χ4n) is 9.38. The van der Waals surface area contributed by atoms with Crippen LogP contribution in [0.2, 0.25) is 0 Å². The highest BCUT2D eigenvalue weighted by molar-refractivity contribution is 6.09. The van der Waals surface area contributed by atoms with Crippen LogP contribution in [0, 0.1) is 34.3 Å². The Morgan fingerprint density at radius 3 is 1.95 bits per heavy atom. The Morgan fingerprint density at radius 2 is 1.45 bits per heavy atom. The van der Waals surface area contributed by atoms with Gasteiger partial charge in [-0.2, -0.15) is 22.0 Å². The summed E-state index contributed by atoms with van der Waals surface area (Å²) in [6, 6.07) is 7.72. The van der Waals surface area contributed by atoms with Crippen molar-refractivity contribution < 1.29 is 69.2 Å². The van der Waals surface area contributed by atoms with Crippen molar-refractivity contribution in [3.8, 4) is 11.8 Å². The number of hydrogen-bond acceptors (Lipinski definition) is 14. The summed E-state index contributed by atoms with van der Waals surface area (Å²) in [6.45, 7) is 4.41. The number of halogens is 7. The van der Waals surface area contributed by atoms with Gasteiger partial charge in [0.15, 0.2) is 0 Å². The molecule has 25 heteroatoms. The van der Waals surface area contributed by atoms with Crippen molar-refractivity contribution in [3.05, 3.63) is 100 Å². The average Bonchev–Trinajstić information content (AvgIpc) is 3.65. The molecule has 0 aliphatic carbocycles. The van der Waals surface area contributed by atoms with Crippen molar-refractivity contribution >= 4 is 41.6 Å². The molecule has 424 valence electrons. The van der Waals surface area contributed by atoms with Crippen LogP contribution in [0.15, 0.2) is 65.9 Å². The van der Waals surface area contributed by atoms with E-state index in [0.29, 0.717) is 54.9 Å². The standard InChI is InChI=1S/C53H65F7N10O8/c1-51(2,3)44(65-49(74)76-6)47(73)67-69(26-38-39(54)19-33(20-40(38)55)34(21-61)23-63-48(56)57)27-42(71)41(64-46(72)45(66-50(75)77-7)52(4,5)53(58,59)60)18-31-11-8-30(9-12-31)10-13-32-14-17-43(62-22-32)68-24-35-15-16-36(25-68)70(35)37-28-78-29-37/h8-9,11-12,14,17,19-23,35-37,41-42,44-45,48,71H,15-16,18,24-29,61H2,1-7H3,(H,64,72)(H,65,74)(H,66,75)(H,67,73)/t35?,36?,41-,42-,44+,45?/m0/s1. The Labute approximate surface area is 447 Å². The monoisotopic (exact) mass is 1100 g/mol. The minimum absolute atomic E-state index is 0.288. The Morgan fingerprint density at radius 1 is 0.872 bits per heavy atom. The number of aliphatic imine (C=N–C) groups is 1. The number of alkyl halides is 5. The number of carbonyl (C=O) groups excluding carboxylic acids is 4. The van der Waals surface area contributed by atoms with E-state index in [9.17, 15) is 46.2 Å². The minimum Gasteiger partial charge on any atom is -0.453 e. The van der Waals surface area contributed by atoms with E-state index in [1.165, 1.54) is 0 Å². The average molecular weight is 1100 g/mol. The summed E-state index contributed by atoms with van der Waals surface area (Å²) < 4.78 is 116. The first-order chi connectivity index (χ1) is 36.7. The maximum Gasteiger partial charge on any atom is 0.407 e. The highest BCUT2D eigenvalue weighted by atomic mass is 19.4. The largest absolute Gasteiger partial charge is 0.453 e. The second-order valence-electron chi connectivity index (χ2n) is 20.8. The number of amides is 4. The number of aromatic nitrogens is 1. The van der Waals surface area contributed by atoms with Crippen LogP contribution in [-0.4, -0.2) is 152 Å². The molecule has 3 aromatic rings. The molecule has 78 heavy (non-hydrogen) atoms. The summed E-state index contributed by atoms with van der Waals surface area (Å²) in [7, 11) is 1.92. The predicted molar refractivity (Wildman–Crippen MR) is 273 cm³/mol. The number of aliphatic hydroxyl groups excluding tert-OH is 1. The Balaban J connectivity index is 1.29. The van der Waals surface area contributed by atoms with Crippen LogP contribution in [0.5, 0.6) is 0 Å². The topological polar surface area (TPSA) is 225 Å². The van der Waals surface area contributed by atoms with Gasteiger partial charge in [-0.05, 0) is 86.1 Å². The fraction of sp³-hybridized carbons (Fsp3) is 0.509. The first kappa shape index (κ1) is 60.2. The van der Waals surface area contributed by atoms with Gasteiger partial charge in [0.05, 0.1) is 51.0 Å². The fourth-order valence-corrected chi connectivity index (χ4v) is 9.38. The lowest BCUT2D eigenvalue weighted by Crippen LogP contribution is -2.63. The lowest BCUT2D eigenvalue weighted by molar-refractivity contribution is -0.220. The number of methoxy groups -OCH3 is 2. The Kier molecular flexibility index (Phi) is 19.8. The summed E-state index contributed by atoms with van der Waals surface area (Å²) >= 11 is 0. The smallest absolute Gasteiger partial charge is 0.407 e.